The molecule has 0 radical (unpaired) electrons. The highest BCUT2D eigenvalue weighted by molar-refractivity contribution is 5.94. The van der Waals surface area contributed by atoms with Gasteiger partial charge in [-0.15, -0.1) is 0 Å². The zero-order chi connectivity index (χ0) is 27.2. The van der Waals surface area contributed by atoms with Crippen LogP contribution in [0.1, 0.15) is 59.8 Å². The van der Waals surface area contributed by atoms with Crippen LogP contribution in [0.3, 0.4) is 0 Å². The maximum absolute atomic E-state index is 13.5. The minimum absolute atomic E-state index is 0.0732. The molecular formula is C32H36FN3O3. The Morgan fingerprint density at radius 1 is 1.05 bits per heavy atom. The molecule has 0 aliphatic carbocycles. The van der Waals surface area contributed by atoms with Crippen LogP contribution in [-0.2, 0) is 6.42 Å². The monoisotopic (exact) mass is 529 g/mol. The summed E-state index contributed by atoms with van der Waals surface area (Å²) in [6.45, 7) is 8.81. The lowest BCUT2D eigenvalue weighted by molar-refractivity contribution is 0.0773. The minimum atomic E-state index is -0.304. The van der Waals surface area contributed by atoms with Gasteiger partial charge in [0.05, 0.1) is 5.69 Å². The molecule has 39 heavy (non-hydrogen) atoms. The molecule has 1 saturated heterocycles. The van der Waals surface area contributed by atoms with E-state index in [1.54, 1.807) is 6.07 Å². The van der Waals surface area contributed by atoms with E-state index in [1.807, 2.05) is 61.2 Å². The first-order valence-electron chi connectivity index (χ1n) is 13.9. The van der Waals surface area contributed by atoms with E-state index in [9.17, 15) is 9.18 Å². The number of carbonyl (C=O) groups is 1. The zero-order valence-electron chi connectivity index (χ0n) is 22.7. The third kappa shape index (κ3) is 6.31. The van der Waals surface area contributed by atoms with Gasteiger partial charge in [0.15, 0.2) is 5.58 Å². The Labute approximate surface area is 229 Å². The van der Waals surface area contributed by atoms with Crippen LogP contribution in [0.2, 0.25) is 0 Å². The number of ether oxygens (including phenoxy) is 1. The molecule has 4 aromatic rings. The van der Waals surface area contributed by atoms with Crippen molar-refractivity contribution in [1.29, 1.82) is 0 Å². The van der Waals surface area contributed by atoms with Crippen LogP contribution >= 0.6 is 0 Å². The molecule has 0 spiro atoms. The molecule has 1 fully saturated rings. The maximum atomic E-state index is 13.5. The topological polar surface area (TPSA) is 58.8 Å². The summed E-state index contributed by atoms with van der Waals surface area (Å²) in [5.74, 6) is 0.992. The van der Waals surface area contributed by atoms with Crippen LogP contribution in [0, 0.1) is 5.82 Å². The molecule has 0 saturated carbocycles. The molecule has 7 heteroatoms. The van der Waals surface area contributed by atoms with Crippen molar-refractivity contribution in [2.75, 3.05) is 39.3 Å². The fraction of sp³-hybridized carbons (Fsp3) is 0.375. The number of halogens is 1. The number of likely N-dealkylation sites (tertiary alicyclic amines) is 1. The summed E-state index contributed by atoms with van der Waals surface area (Å²) >= 11 is 0. The lowest BCUT2D eigenvalue weighted by Gasteiger charge is -2.31. The number of fused-ring (bicyclic) bond motifs is 1. The first kappa shape index (κ1) is 26.9. The molecule has 0 atom stereocenters. The van der Waals surface area contributed by atoms with E-state index in [1.165, 1.54) is 12.1 Å². The van der Waals surface area contributed by atoms with Gasteiger partial charge in [-0.3, -0.25) is 9.69 Å². The Morgan fingerprint density at radius 3 is 2.54 bits per heavy atom. The van der Waals surface area contributed by atoms with E-state index < -0.39 is 0 Å². The van der Waals surface area contributed by atoms with Crippen molar-refractivity contribution in [3.63, 3.8) is 0 Å². The molecule has 204 valence electrons. The van der Waals surface area contributed by atoms with Gasteiger partial charge in [-0.2, -0.15) is 0 Å². The number of para-hydroxylation sites is 1. The van der Waals surface area contributed by atoms with Crippen LogP contribution in [0.25, 0.3) is 11.0 Å². The average molecular weight is 530 g/mol. The fourth-order valence-electron chi connectivity index (χ4n) is 5.41. The summed E-state index contributed by atoms with van der Waals surface area (Å²) in [5, 5.41) is 5.17. The van der Waals surface area contributed by atoms with Crippen molar-refractivity contribution in [2.24, 2.45) is 0 Å². The first-order chi connectivity index (χ1) is 19.1. The van der Waals surface area contributed by atoms with E-state index in [0.29, 0.717) is 31.2 Å². The van der Waals surface area contributed by atoms with Gasteiger partial charge in [-0.1, -0.05) is 35.5 Å². The number of amides is 1. The Hall–Kier alpha value is -3.71. The highest BCUT2D eigenvalue weighted by Gasteiger charge is 2.25. The van der Waals surface area contributed by atoms with E-state index in [0.717, 1.165) is 72.4 Å². The van der Waals surface area contributed by atoms with Gasteiger partial charge in [0, 0.05) is 49.0 Å². The van der Waals surface area contributed by atoms with Crippen molar-refractivity contribution in [3.8, 4) is 5.75 Å². The van der Waals surface area contributed by atoms with Crippen LogP contribution < -0.4 is 4.74 Å². The summed E-state index contributed by atoms with van der Waals surface area (Å²) in [5.41, 5.74) is 4.46. The van der Waals surface area contributed by atoms with Crippen LogP contribution in [0.4, 0.5) is 4.39 Å². The first-order valence-corrected chi connectivity index (χ1v) is 13.9. The van der Waals surface area contributed by atoms with Crippen molar-refractivity contribution in [1.82, 2.24) is 15.0 Å². The third-order valence-electron chi connectivity index (χ3n) is 7.72. The molecule has 1 amide bonds. The molecule has 0 unspecified atom stereocenters. The van der Waals surface area contributed by atoms with Crippen molar-refractivity contribution < 1.29 is 18.4 Å². The Balaban J connectivity index is 1.12. The molecule has 0 N–H and O–H groups in total. The number of benzene rings is 3. The number of hydrogen-bond acceptors (Lipinski definition) is 5. The van der Waals surface area contributed by atoms with Gasteiger partial charge in [0.1, 0.15) is 18.2 Å². The van der Waals surface area contributed by atoms with Crippen LogP contribution in [-0.4, -0.2) is 60.2 Å². The zero-order valence-corrected chi connectivity index (χ0v) is 22.7. The lowest BCUT2D eigenvalue weighted by Crippen LogP contribution is -2.36. The van der Waals surface area contributed by atoms with Crippen LogP contribution in [0.15, 0.2) is 71.3 Å². The van der Waals surface area contributed by atoms with Gasteiger partial charge in [0.2, 0.25) is 0 Å². The molecule has 6 nitrogen and oxygen atoms in total. The molecule has 3 aromatic carbocycles. The quantitative estimate of drug-likeness (QED) is 0.241. The smallest absolute Gasteiger partial charge is 0.253 e. The molecule has 1 aromatic heterocycles. The molecule has 0 bridgehead atoms. The van der Waals surface area contributed by atoms with Crippen molar-refractivity contribution in [3.05, 3.63) is 94.9 Å². The highest BCUT2D eigenvalue weighted by Crippen LogP contribution is 2.32. The minimum Gasteiger partial charge on any atom is -0.492 e. The van der Waals surface area contributed by atoms with Crippen LogP contribution in [0.5, 0.6) is 5.75 Å². The number of hydrogen-bond donors (Lipinski definition) is 0. The van der Waals surface area contributed by atoms with E-state index in [-0.39, 0.29) is 11.7 Å². The van der Waals surface area contributed by atoms with Crippen molar-refractivity contribution >= 4 is 16.9 Å². The molecular weight excluding hydrogens is 493 g/mol. The van der Waals surface area contributed by atoms with Gasteiger partial charge < -0.3 is 14.2 Å². The normalized spacial score (nSPS) is 14.5. The third-order valence-corrected chi connectivity index (χ3v) is 7.72. The SMILES string of the molecule is CCN(CC)C(=O)c1ccc(Cc2ccccc2OCCN2CCC(c3noc4cc(F)ccc34)CC2)cc1. The molecule has 1 aliphatic rings. The summed E-state index contributed by atoms with van der Waals surface area (Å²) in [6.07, 6.45) is 2.72. The van der Waals surface area contributed by atoms with Gasteiger partial charge in [-0.25, -0.2) is 4.39 Å². The predicted molar refractivity (Wildman–Crippen MR) is 151 cm³/mol. The van der Waals surface area contributed by atoms with E-state index in [4.69, 9.17) is 9.26 Å². The maximum Gasteiger partial charge on any atom is 0.253 e. The molecule has 2 heterocycles. The largest absolute Gasteiger partial charge is 0.492 e. The van der Waals surface area contributed by atoms with Gasteiger partial charge in [-0.05, 0) is 81.2 Å². The summed E-state index contributed by atoms with van der Waals surface area (Å²) in [6, 6.07) is 20.7. The second kappa shape index (κ2) is 12.4. The number of piperidine rings is 1. The Bertz CT molecular complexity index is 1390. The van der Waals surface area contributed by atoms with Crippen molar-refractivity contribution in [2.45, 2.75) is 39.0 Å². The predicted octanol–water partition coefficient (Wildman–Crippen LogP) is 6.30. The van der Waals surface area contributed by atoms with E-state index in [2.05, 4.69) is 16.1 Å². The summed E-state index contributed by atoms with van der Waals surface area (Å²) < 4.78 is 25.1. The summed E-state index contributed by atoms with van der Waals surface area (Å²) in [7, 11) is 0. The Morgan fingerprint density at radius 2 is 1.79 bits per heavy atom. The number of nitrogens with zero attached hydrogens (tertiary/aromatic N) is 3. The lowest BCUT2D eigenvalue weighted by atomic mass is 9.91. The van der Waals surface area contributed by atoms with E-state index >= 15 is 0 Å². The average Bonchev–Trinajstić information content (AvgIpc) is 3.38. The number of carbonyl (C=O) groups excluding carboxylic acids is 1. The van der Waals surface area contributed by atoms with Gasteiger partial charge in [0.25, 0.3) is 5.91 Å². The second-order valence-electron chi connectivity index (χ2n) is 10.1. The fourth-order valence-corrected chi connectivity index (χ4v) is 5.41. The number of rotatable bonds is 10. The Kier molecular flexibility index (Phi) is 8.57. The summed E-state index contributed by atoms with van der Waals surface area (Å²) in [4.78, 5) is 16.9. The second-order valence-corrected chi connectivity index (χ2v) is 10.1. The number of aromatic nitrogens is 1. The molecule has 5 rings (SSSR count). The van der Waals surface area contributed by atoms with Gasteiger partial charge >= 0.3 is 0 Å². The standard InChI is InChI=1S/C32H36FN3O3/c1-3-36(4-2)32(37)25-11-9-23(10-12-25)21-26-7-5-6-8-29(26)38-20-19-35-17-15-24(16-18-35)31-28-14-13-27(33)22-30(28)39-34-31/h5-14,22,24H,3-4,15-21H2,1-2H3. The molecule has 1 aliphatic heterocycles. The highest BCUT2D eigenvalue weighted by atomic mass is 19.1.